The molecule has 0 aliphatic carbocycles. The Morgan fingerprint density at radius 2 is 0.517 bits per heavy atom. The fraction of sp³-hybridized carbons (Fsp3) is 0.143. The first kappa shape index (κ1) is 20.2. The van der Waals surface area contributed by atoms with Gasteiger partial charge in [0.15, 0.2) is 0 Å². The molecule has 144 valence electrons. The Bertz CT molecular complexity index is 808. The van der Waals surface area contributed by atoms with Gasteiger partial charge >= 0.3 is 182 Å². The molecule has 1 heteroatoms. The van der Waals surface area contributed by atoms with E-state index in [1.807, 2.05) is 0 Å². The van der Waals surface area contributed by atoms with E-state index in [4.69, 9.17) is 0 Å². The minimum absolute atomic E-state index is 1.29. The molecule has 0 heterocycles. The van der Waals surface area contributed by atoms with Crippen LogP contribution in [0.3, 0.4) is 0 Å². The fourth-order valence-corrected chi connectivity index (χ4v) is 26.0. The first-order valence-electron chi connectivity index (χ1n) is 10.5. The van der Waals surface area contributed by atoms with Gasteiger partial charge in [-0.1, -0.05) is 0 Å². The molecular formula is C28H28U. The third-order valence-electron chi connectivity index (χ3n) is 5.69. The van der Waals surface area contributed by atoms with Crippen molar-refractivity contribution in [3.63, 3.8) is 0 Å². The van der Waals surface area contributed by atoms with Crippen molar-refractivity contribution in [2.45, 2.75) is 13.8 Å². The summed E-state index contributed by atoms with van der Waals surface area (Å²) >= 11 is -2.98. The second-order valence-electron chi connectivity index (χ2n) is 8.15. The van der Waals surface area contributed by atoms with Gasteiger partial charge in [0, 0.05) is 0 Å². The molecule has 4 rings (SSSR count). The molecule has 0 bridgehead atoms. The second kappa shape index (κ2) is 10.1. The quantitative estimate of drug-likeness (QED) is 0.205. The van der Waals surface area contributed by atoms with Crippen LogP contribution in [0.4, 0.5) is 0 Å². The predicted octanol–water partition coefficient (Wildman–Crippen LogP) is 6.94. The number of hydrogen-bond donors (Lipinski definition) is 0. The molecule has 0 aliphatic heterocycles. The number of rotatable bonds is 8. The van der Waals surface area contributed by atoms with Crippen LogP contribution in [0.1, 0.15) is 22.3 Å². The maximum atomic E-state index is 2.33. The molecule has 0 aromatic heterocycles. The summed E-state index contributed by atoms with van der Waals surface area (Å²) in [5.41, 5.74) is 6.06. The fourth-order valence-electron chi connectivity index (χ4n) is 4.49. The van der Waals surface area contributed by atoms with E-state index in [9.17, 15) is 0 Å². The monoisotopic (exact) mass is 602 g/mol. The van der Waals surface area contributed by atoms with Crippen LogP contribution in [0.5, 0.6) is 0 Å². The third kappa shape index (κ3) is 5.96. The van der Waals surface area contributed by atoms with Gasteiger partial charge in [0.05, 0.1) is 0 Å². The molecule has 0 nitrogen and oxygen atoms in total. The molecular weight excluding hydrogens is 574 g/mol. The van der Waals surface area contributed by atoms with Gasteiger partial charge in [0.1, 0.15) is 0 Å². The van der Waals surface area contributed by atoms with Gasteiger partial charge in [-0.3, -0.25) is 0 Å². The Morgan fingerprint density at radius 1 is 0.310 bits per heavy atom. The van der Waals surface area contributed by atoms with Gasteiger partial charge < -0.3 is 0 Å². The molecule has 4 aromatic carbocycles. The van der Waals surface area contributed by atoms with Crippen molar-refractivity contribution >= 4 is 0 Å². The van der Waals surface area contributed by atoms with E-state index in [1.54, 1.807) is 0 Å². The maximum absolute atomic E-state index is 2.98. The van der Waals surface area contributed by atoms with Gasteiger partial charge in [0.2, 0.25) is 0 Å². The minimum atomic E-state index is -2.98. The molecule has 0 radical (unpaired) electrons. The van der Waals surface area contributed by atoms with Crippen LogP contribution >= 0.6 is 0 Å². The standard InChI is InChI=1S/4C7H7.U/c4*1-7-5-3-2-4-6-7;/h4*2-6H,1H2;. The van der Waals surface area contributed by atoms with Gasteiger partial charge in [0.25, 0.3) is 0 Å². The van der Waals surface area contributed by atoms with E-state index in [2.05, 4.69) is 121 Å². The zero-order valence-corrected chi connectivity index (χ0v) is 21.0. The topological polar surface area (TPSA) is 0 Å². The van der Waals surface area contributed by atoms with Gasteiger partial charge in [-0.25, -0.2) is 0 Å². The Balaban J connectivity index is 1.75. The summed E-state index contributed by atoms with van der Waals surface area (Å²) in [6.07, 6.45) is 0. The molecule has 0 unspecified atom stereocenters. The molecule has 4 aromatic rings. The van der Waals surface area contributed by atoms with Crippen molar-refractivity contribution in [2.75, 3.05) is 0 Å². The summed E-state index contributed by atoms with van der Waals surface area (Å²) < 4.78 is 5.17. The normalized spacial score (nSPS) is 11.3. The molecule has 0 saturated carbocycles. The van der Waals surface area contributed by atoms with Crippen LogP contribution in [-0.4, -0.2) is 0 Å². The molecule has 0 fully saturated rings. The van der Waals surface area contributed by atoms with Crippen molar-refractivity contribution < 1.29 is 24.4 Å². The summed E-state index contributed by atoms with van der Waals surface area (Å²) in [5.74, 6) is 0. The van der Waals surface area contributed by atoms with E-state index in [1.165, 1.54) is 36.1 Å². The molecule has 0 saturated heterocycles. The van der Waals surface area contributed by atoms with Crippen molar-refractivity contribution in [1.29, 1.82) is 0 Å². The zero-order valence-electron chi connectivity index (χ0n) is 16.9. The second-order valence-corrected chi connectivity index (χ2v) is 26.5. The predicted molar refractivity (Wildman–Crippen MR) is 121 cm³/mol. The van der Waals surface area contributed by atoms with Gasteiger partial charge in [-0.2, -0.15) is 0 Å². The Labute approximate surface area is 180 Å². The van der Waals surface area contributed by atoms with Crippen molar-refractivity contribution in [3.05, 3.63) is 144 Å². The Hall–Kier alpha value is -2.07. The average Bonchev–Trinajstić information content (AvgIpc) is 2.76. The van der Waals surface area contributed by atoms with Crippen LogP contribution in [0.25, 0.3) is 0 Å². The van der Waals surface area contributed by atoms with Crippen molar-refractivity contribution in [3.8, 4) is 0 Å². The first-order chi connectivity index (χ1) is 14.3. The Kier molecular flexibility index (Phi) is 7.05. The summed E-state index contributed by atoms with van der Waals surface area (Å²) in [5, 5.41) is 0. The molecule has 0 amide bonds. The third-order valence-corrected chi connectivity index (χ3v) is 25.0. The van der Waals surface area contributed by atoms with E-state index in [-0.39, 0.29) is 0 Å². The summed E-state index contributed by atoms with van der Waals surface area (Å²) in [6, 6.07) is 44.8. The van der Waals surface area contributed by atoms with E-state index in [0.717, 1.165) is 0 Å². The molecule has 29 heavy (non-hydrogen) atoms. The summed E-state index contributed by atoms with van der Waals surface area (Å²) in [4.78, 5) is 0. The SMILES string of the molecule is c1ccc([CH2][U]([CH2]c2ccccc2)([CH2]c2ccccc2)[CH2]c2ccccc2)cc1. The van der Waals surface area contributed by atoms with E-state index in [0.29, 0.717) is 0 Å². The van der Waals surface area contributed by atoms with Gasteiger partial charge in [-0.15, -0.1) is 0 Å². The first-order valence-corrected chi connectivity index (χ1v) is 22.2. The summed E-state index contributed by atoms with van der Waals surface area (Å²) in [6.45, 7) is 0. The van der Waals surface area contributed by atoms with E-state index >= 15 is 0 Å². The van der Waals surface area contributed by atoms with Crippen LogP contribution in [0.2, 0.25) is 0 Å². The van der Waals surface area contributed by atoms with Crippen LogP contribution in [0.15, 0.2) is 121 Å². The number of hydrogen-bond acceptors (Lipinski definition) is 0. The zero-order chi connectivity index (χ0) is 19.8. The molecule has 0 aliphatic rings. The number of benzene rings is 4. The molecule has 0 N–H and O–H groups in total. The van der Waals surface area contributed by atoms with E-state index < -0.39 is 24.4 Å². The van der Waals surface area contributed by atoms with Crippen LogP contribution < -0.4 is 0 Å². The summed E-state index contributed by atoms with van der Waals surface area (Å²) in [7, 11) is 0. The van der Waals surface area contributed by atoms with Crippen molar-refractivity contribution in [2.24, 2.45) is 0 Å². The molecule has 0 atom stereocenters. The van der Waals surface area contributed by atoms with Gasteiger partial charge in [-0.05, 0) is 0 Å². The average molecular weight is 603 g/mol. The Morgan fingerprint density at radius 3 is 0.724 bits per heavy atom. The van der Waals surface area contributed by atoms with Crippen LogP contribution in [-0.2, 0) is 13.8 Å². The van der Waals surface area contributed by atoms with Crippen LogP contribution in [0, 0.1) is 24.4 Å². The van der Waals surface area contributed by atoms with Crippen molar-refractivity contribution in [1.82, 2.24) is 0 Å². The molecule has 0 spiro atoms.